The smallest absolute Gasteiger partial charge is 0.326 e. The number of benzene rings is 2. The second kappa shape index (κ2) is 17.1. The maximum absolute atomic E-state index is 13.6. The Kier molecular flexibility index (Phi) is 13.9. The minimum atomic E-state index is -1.71. The maximum atomic E-state index is 13.6. The average molecular weight is 635 g/mol. The SMILES string of the molecule is NCCCC[C@@H](N)C(=O)N[C@@H](Cc1ccc(Br)cc1)C(=O)N[C@@H](Cc1ccccc1)C(=O)N[C@@H](CC(=O)O)C(=O)O. The van der Waals surface area contributed by atoms with Crippen LogP contribution in [0.25, 0.3) is 0 Å². The van der Waals surface area contributed by atoms with Gasteiger partial charge in [0.15, 0.2) is 0 Å². The number of amides is 3. The number of carbonyl (C=O) groups is 5. The number of aliphatic carboxylic acids is 2. The van der Waals surface area contributed by atoms with Gasteiger partial charge < -0.3 is 37.6 Å². The van der Waals surface area contributed by atoms with Gasteiger partial charge in [-0.3, -0.25) is 19.2 Å². The van der Waals surface area contributed by atoms with Gasteiger partial charge in [-0.25, -0.2) is 4.79 Å². The molecule has 0 fully saturated rings. The molecule has 0 aliphatic heterocycles. The van der Waals surface area contributed by atoms with Crippen LogP contribution in [0, 0.1) is 0 Å². The normalized spacial score (nSPS) is 13.7. The van der Waals surface area contributed by atoms with E-state index in [2.05, 4.69) is 31.9 Å². The molecule has 0 aromatic heterocycles. The highest BCUT2D eigenvalue weighted by Crippen LogP contribution is 2.13. The van der Waals surface area contributed by atoms with Crippen LogP contribution in [0.3, 0.4) is 0 Å². The first-order chi connectivity index (χ1) is 19.5. The van der Waals surface area contributed by atoms with E-state index in [0.29, 0.717) is 31.4 Å². The zero-order valence-corrected chi connectivity index (χ0v) is 24.0. The largest absolute Gasteiger partial charge is 0.481 e. The topological polar surface area (TPSA) is 214 Å². The number of unbranched alkanes of at least 4 members (excludes halogenated alkanes) is 1. The van der Waals surface area contributed by atoms with Crippen molar-refractivity contribution in [3.8, 4) is 0 Å². The third-order valence-corrected chi connectivity index (χ3v) is 6.73. The van der Waals surface area contributed by atoms with Crippen LogP contribution in [0.15, 0.2) is 59.1 Å². The van der Waals surface area contributed by atoms with E-state index in [-0.39, 0.29) is 12.8 Å². The van der Waals surface area contributed by atoms with Gasteiger partial charge in [0.1, 0.15) is 18.1 Å². The number of halogens is 1. The Bertz CT molecular complexity index is 1180. The van der Waals surface area contributed by atoms with Crippen LogP contribution in [0.2, 0.25) is 0 Å². The highest BCUT2D eigenvalue weighted by atomic mass is 79.9. The van der Waals surface area contributed by atoms with Gasteiger partial charge in [0.05, 0.1) is 12.5 Å². The van der Waals surface area contributed by atoms with Gasteiger partial charge >= 0.3 is 11.9 Å². The molecule has 0 saturated carbocycles. The predicted octanol–water partition coefficient (Wildman–Crippen LogP) is 0.704. The van der Waals surface area contributed by atoms with Crippen LogP contribution in [-0.2, 0) is 36.8 Å². The van der Waals surface area contributed by atoms with E-state index in [1.54, 1.807) is 54.6 Å². The molecular formula is C28H36BrN5O7. The molecule has 0 heterocycles. The second-order valence-electron chi connectivity index (χ2n) is 9.53. The summed E-state index contributed by atoms with van der Waals surface area (Å²) < 4.78 is 0.821. The highest BCUT2D eigenvalue weighted by Gasteiger charge is 2.31. The van der Waals surface area contributed by atoms with Crippen molar-refractivity contribution in [2.24, 2.45) is 11.5 Å². The number of carbonyl (C=O) groups excluding carboxylic acids is 3. The van der Waals surface area contributed by atoms with Crippen molar-refractivity contribution in [2.75, 3.05) is 6.54 Å². The Morgan fingerprint density at radius 3 is 1.76 bits per heavy atom. The zero-order chi connectivity index (χ0) is 30.4. The first kappa shape index (κ1) is 33.4. The van der Waals surface area contributed by atoms with Crippen LogP contribution in [0.4, 0.5) is 0 Å². The lowest BCUT2D eigenvalue weighted by Crippen LogP contribution is -2.58. The van der Waals surface area contributed by atoms with E-state index in [1.165, 1.54) is 0 Å². The van der Waals surface area contributed by atoms with Gasteiger partial charge in [-0.2, -0.15) is 0 Å². The summed E-state index contributed by atoms with van der Waals surface area (Å²) in [6.07, 6.45) is 0.909. The number of carboxylic acid groups (broad SMARTS) is 2. The molecule has 4 atom stereocenters. The summed E-state index contributed by atoms with van der Waals surface area (Å²) in [6, 6.07) is 10.8. The molecule has 2 aromatic rings. The Hall–Kier alpha value is -3.81. The monoisotopic (exact) mass is 633 g/mol. The molecule has 0 aliphatic rings. The lowest BCUT2D eigenvalue weighted by molar-refractivity contribution is -0.147. The van der Waals surface area contributed by atoms with Gasteiger partial charge in [0.25, 0.3) is 0 Å². The van der Waals surface area contributed by atoms with Crippen molar-refractivity contribution >= 4 is 45.6 Å². The summed E-state index contributed by atoms with van der Waals surface area (Å²) in [5.74, 6) is -5.08. The minimum absolute atomic E-state index is 0.0185. The molecule has 2 aromatic carbocycles. The van der Waals surface area contributed by atoms with Gasteiger partial charge in [-0.15, -0.1) is 0 Å². The number of rotatable bonds is 17. The van der Waals surface area contributed by atoms with Crippen LogP contribution < -0.4 is 27.4 Å². The van der Waals surface area contributed by atoms with Gasteiger partial charge in [0, 0.05) is 17.3 Å². The summed E-state index contributed by atoms with van der Waals surface area (Å²) in [7, 11) is 0. The Morgan fingerprint density at radius 1 is 0.732 bits per heavy atom. The average Bonchev–Trinajstić information content (AvgIpc) is 2.93. The maximum Gasteiger partial charge on any atom is 0.326 e. The van der Waals surface area contributed by atoms with E-state index in [1.807, 2.05) is 0 Å². The molecule has 9 N–H and O–H groups in total. The molecule has 0 aliphatic carbocycles. The lowest BCUT2D eigenvalue weighted by atomic mass is 10.0. The third-order valence-electron chi connectivity index (χ3n) is 6.20. The van der Waals surface area contributed by atoms with Crippen molar-refractivity contribution < 1.29 is 34.2 Å². The summed E-state index contributed by atoms with van der Waals surface area (Å²) in [5, 5.41) is 25.9. The van der Waals surface area contributed by atoms with E-state index in [0.717, 1.165) is 10.0 Å². The molecular weight excluding hydrogens is 598 g/mol. The first-order valence-electron chi connectivity index (χ1n) is 13.1. The fourth-order valence-electron chi connectivity index (χ4n) is 3.96. The van der Waals surface area contributed by atoms with E-state index < -0.39 is 60.2 Å². The van der Waals surface area contributed by atoms with Crippen LogP contribution >= 0.6 is 15.9 Å². The van der Waals surface area contributed by atoms with Crippen molar-refractivity contribution in [1.29, 1.82) is 0 Å². The second-order valence-corrected chi connectivity index (χ2v) is 10.4. The van der Waals surface area contributed by atoms with Crippen LogP contribution in [0.5, 0.6) is 0 Å². The first-order valence-corrected chi connectivity index (χ1v) is 13.9. The van der Waals surface area contributed by atoms with Gasteiger partial charge in [-0.05, 0) is 42.6 Å². The zero-order valence-electron chi connectivity index (χ0n) is 22.4. The van der Waals surface area contributed by atoms with E-state index in [4.69, 9.17) is 16.6 Å². The van der Waals surface area contributed by atoms with Crippen molar-refractivity contribution in [2.45, 2.75) is 62.7 Å². The lowest BCUT2D eigenvalue weighted by Gasteiger charge is -2.25. The van der Waals surface area contributed by atoms with E-state index in [9.17, 15) is 29.1 Å². The Morgan fingerprint density at radius 2 is 1.24 bits per heavy atom. The summed E-state index contributed by atoms with van der Waals surface area (Å²) >= 11 is 3.36. The number of hydrogen-bond acceptors (Lipinski definition) is 7. The standard InChI is InChI=1S/C28H36BrN5O7/c29-19-11-9-18(10-12-19)15-21(32-25(37)20(31)8-4-5-13-30)26(38)33-22(14-17-6-2-1-3-7-17)27(39)34-23(28(40)41)16-24(35)36/h1-3,6-7,9-12,20-23H,4-5,8,13-16,30-31H2,(H,32,37)(H,33,38)(H,34,39)(H,35,36)(H,40,41)/t20-,21+,22+,23+/m1/s1. The predicted molar refractivity (Wildman–Crippen MR) is 155 cm³/mol. The summed E-state index contributed by atoms with van der Waals surface area (Å²) in [4.78, 5) is 62.3. The molecule has 41 heavy (non-hydrogen) atoms. The fourth-order valence-corrected chi connectivity index (χ4v) is 4.23. The van der Waals surface area contributed by atoms with Gasteiger partial charge in [-0.1, -0.05) is 64.8 Å². The fraction of sp³-hybridized carbons (Fsp3) is 0.393. The van der Waals surface area contributed by atoms with E-state index >= 15 is 0 Å². The molecule has 13 heteroatoms. The third kappa shape index (κ3) is 12.1. The molecule has 12 nitrogen and oxygen atoms in total. The number of nitrogens with one attached hydrogen (secondary N) is 3. The number of carboxylic acids is 2. The molecule has 222 valence electrons. The number of hydrogen-bond donors (Lipinski definition) is 7. The van der Waals surface area contributed by atoms with Crippen molar-refractivity contribution in [3.63, 3.8) is 0 Å². The molecule has 2 rings (SSSR count). The minimum Gasteiger partial charge on any atom is -0.481 e. The quantitative estimate of drug-likeness (QED) is 0.122. The molecule has 0 spiro atoms. The highest BCUT2D eigenvalue weighted by molar-refractivity contribution is 9.10. The summed E-state index contributed by atoms with van der Waals surface area (Å²) in [5.41, 5.74) is 12.9. The van der Waals surface area contributed by atoms with Crippen LogP contribution in [0.1, 0.15) is 36.8 Å². The van der Waals surface area contributed by atoms with Gasteiger partial charge in [0.2, 0.25) is 17.7 Å². The molecule has 0 radical (unpaired) electrons. The molecule has 0 bridgehead atoms. The molecule has 0 saturated heterocycles. The number of nitrogens with two attached hydrogens (primary N) is 2. The van der Waals surface area contributed by atoms with Crippen LogP contribution in [-0.4, -0.2) is 70.6 Å². The van der Waals surface area contributed by atoms with Crippen molar-refractivity contribution in [1.82, 2.24) is 16.0 Å². The Balaban J connectivity index is 2.30. The van der Waals surface area contributed by atoms with Crippen molar-refractivity contribution in [3.05, 3.63) is 70.2 Å². The Labute approximate surface area is 246 Å². The molecule has 0 unspecified atom stereocenters. The molecule has 3 amide bonds. The summed E-state index contributed by atoms with van der Waals surface area (Å²) in [6.45, 7) is 0.461.